The van der Waals surface area contributed by atoms with Gasteiger partial charge in [0, 0.05) is 19.9 Å². The molecule has 0 aliphatic rings. The van der Waals surface area contributed by atoms with Gasteiger partial charge in [-0.25, -0.2) is 4.98 Å². The van der Waals surface area contributed by atoms with Gasteiger partial charge in [0.1, 0.15) is 5.69 Å². The van der Waals surface area contributed by atoms with Crippen LogP contribution in [0.1, 0.15) is 5.89 Å². The molecule has 19 heavy (non-hydrogen) atoms. The minimum Gasteiger partial charge on any atom is -0.380 e. The predicted molar refractivity (Wildman–Crippen MR) is 71.1 cm³/mol. The second kappa shape index (κ2) is 6.29. The minimum atomic E-state index is -0.165. The van der Waals surface area contributed by atoms with E-state index in [4.69, 9.17) is 38.2 Å². The first-order chi connectivity index (χ1) is 9.13. The van der Waals surface area contributed by atoms with Crippen molar-refractivity contribution < 1.29 is 9.26 Å². The quantitative estimate of drug-likeness (QED) is 0.908. The van der Waals surface area contributed by atoms with Crippen LogP contribution in [0, 0.1) is 0 Å². The van der Waals surface area contributed by atoms with Gasteiger partial charge in [0.25, 0.3) is 0 Å². The van der Waals surface area contributed by atoms with E-state index in [-0.39, 0.29) is 6.10 Å². The van der Waals surface area contributed by atoms with Crippen LogP contribution < -0.4 is 5.73 Å². The third-order valence-corrected chi connectivity index (χ3v) is 2.98. The van der Waals surface area contributed by atoms with Crippen LogP contribution in [0.15, 0.2) is 16.8 Å². The maximum Gasteiger partial charge on any atom is 0.229 e. The van der Waals surface area contributed by atoms with Crippen LogP contribution in [0.3, 0.4) is 0 Å². The summed E-state index contributed by atoms with van der Waals surface area (Å²) in [5, 5.41) is 4.63. The molecule has 0 saturated heterocycles. The summed E-state index contributed by atoms with van der Waals surface area (Å²) in [6.07, 6.45) is 1.74. The Morgan fingerprint density at radius 2 is 2.26 bits per heavy atom. The third kappa shape index (κ3) is 3.42. The van der Waals surface area contributed by atoms with Crippen molar-refractivity contribution in [2.24, 2.45) is 5.73 Å². The lowest BCUT2D eigenvalue weighted by Gasteiger charge is -2.08. The van der Waals surface area contributed by atoms with E-state index in [1.165, 1.54) is 6.20 Å². The fourth-order valence-corrected chi connectivity index (χ4v) is 1.94. The summed E-state index contributed by atoms with van der Waals surface area (Å²) in [5.41, 5.74) is 5.95. The standard InChI is InChI=1S/C11H12Cl2N4O2/c1-18-7(4-14)3-9-16-11(17-19-9)10-8(13)2-6(12)5-15-10/h2,5,7H,3-4,14H2,1H3. The van der Waals surface area contributed by atoms with E-state index in [0.717, 1.165) is 0 Å². The van der Waals surface area contributed by atoms with Gasteiger partial charge in [-0.3, -0.25) is 0 Å². The van der Waals surface area contributed by atoms with Crippen molar-refractivity contribution in [2.45, 2.75) is 12.5 Å². The molecule has 2 rings (SSSR count). The summed E-state index contributed by atoms with van der Waals surface area (Å²) < 4.78 is 10.3. The fraction of sp³-hybridized carbons (Fsp3) is 0.364. The number of methoxy groups -OCH3 is 1. The number of rotatable bonds is 5. The lowest BCUT2D eigenvalue weighted by molar-refractivity contribution is 0.102. The molecule has 0 bridgehead atoms. The highest BCUT2D eigenvalue weighted by Gasteiger charge is 2.16. The van der Waals surface area contributed by atoms with Crippen molar-refractivity contribution in [3.05, 3.63) is 28.2 Å². The molecule has 0 aliphatic heterocycles. The molecule has 0 radical (unpaired) electrons. The number of ether oxygens (including phenoxy) is 1. The minimum absolute atomic E-state index is 0.165. The largest absolute Gasteiger partial charge is 0.380 e. The van der Waals surface area contributed by atoms with Crippen LogP contribution in [-0.2, 0) is 11.2 Å². The zero-order valence-electron chi connectivity index (χ0n) is 10.1. The van der Waals surface area contributed by atoms with Crippen molar-refractivity contribution in [2.75, 3.05) is 13.7 Å². The topological polar surface area (TPSA) is 87.1 Å². The molecule has 0 aromatic carbocycles. The molecule has 0 amide bonds. The van der Waals surface area contributed by atoms with Gasteiger partial charge in [0.2, 0.25) is 11.7 Å². The molecule has 102 valence electrons. The Morgan fingerprint density at radius 1 is 1.47 bits per heavy atom. The molecule has 2 aromatic heterocycles. The number of nitrogens with two attached hydrogens (primary N) is 1. The lowest BCUT2D eigenvalue weighted by Crippen LogP contribution is -2.24. The van der Waals surface area contributed by atoms with Crippen molar-refractivity contribution in [3.63, 3.8) is 0 Å². The summed E-state index contributed by atoms with van der Waals surface area (Å²) in [5.74, 6) is 0.726. The second-order valence-corrected chi connectivity index (χ2v) is 4.64. The van der Waals surface area contributed by atoms with Crippen molar-refractivity contribution in [1.82, 2.24) is 15.1 Å². The average Bonchev–Trinajstić information content (AvgIpc) is 2.84. The molecule has 0 fully saturated rings. The predicted octanol–water partition coefficient (Wildman–Crippen LogP) is 1.95. The van der Waals surface area contributed by atoms with Crippen LogP contribution in [-0.4, -0.2) is 34.9 Å². The molecule has 0 spiro atoms. The number of halogens is 2. The highest BCUT2D eigenvalue weighted by Crippen LogP contribution is 2.25. The zero-order chi connectivity index (χ0) is 13.8. The van der Waals surface area contributed by atoms with Crippen LogP contribution in [0.5, 0.6) is 0 Å². The van der Waals surface area contributed by atoms with Crippen molar-refractivity contribution in [1.29, 1.82) is 0 Å². The average molecular weight is 303 g/mol. The summed E-state index contributed by atoms with van der Waals surface area (Å²) in [6.45, 7) is 0.369. The molecule has 2 heterocycles. The van der Waals surface area contributed by atoms with Gasteiger partial charge in [-0.15, -0.1) is 0 Å². The molecular weight excluding hydrogens is 291 g/mol. The Hall–Kier alpha value is -1.21. The van der Waals surface area contributed by atoms with E-state index in [1.54, 1.807) is 13.2 Å². The maximum absolute atomic E-state index is 6.02. The van der Waals surface area contributed by atoms with E-state index >= 15 is 0 Å². The SMILES string of the molecule is COC(CN)Cc1nc(-c2ncc(Cl)cc2Cl)no1. The van der Waals surface area contributed by atoms with Crippen LogP contribution in [0.25, 0.3) is 11.5 Å². The Kier molecular flexibility index (Phi) is 4.71. The van der Waals surface area contributed by atoms with Gasteiger partial charge in [0.15, 0.2) is 0 Å². The Labute approximate surface area is 119 Å². The zero-order valence-corrected chi connectivity index (χ0v) is 11.6. The first-order valence-electron chi connectivity index (χ1n) is 5.51. The summed E-state index contributed by atoms with van der Waals surface area (Å²) in [4.78, 5) is 8.28. The Morgan fingerprint density at radius 3 is 2.89 bits per heavy atom. The molecule has 1 atom stereocenters. The maximum atomic E-state index is 6.02. The fourth-order valence-electron chi connectivity index (χ4n) is 1.47. The van der Waals surface area contributed by atoms with Gasteiger partial charge < -0.3 is 15.0 Å². The second-order valence-electron chi connectivity index (χ2n) is 3.79. The number of pyridine rings is 1. The van der Waals surface area contributed by atoms with E-state index < -0.39 is 0 Å². The lowest BCUT2D eigenvalue weighted by atomic mass is 10.2. The van der Waals surface area contributed by atoms with Crippen molar-refractivity contribution in [3.8, 4) is 11.5 Å². The molecular formula is C11H12Cl2N4O2. The molecule has 0 saturated carbocycles. The van der Waals surface area contributed by atoms with Crippen molar-refractivity contribution >= 4 is 23.2 Å². The molecule has 2 aromatic rings. The van der Waals surface area contributed by atoms with E-state index in [9.17, 15) is 0 Å². The van der Waals surface area contributed by atoms with Gasteiger partial charge >= 0.3 is 0 Å². The van der Waals surface area contributed by atoms with Crippen LogP contribution in [0.2, 0.25) is 10.0 Å². The number of hydrogen-bond donors (Lipinski definition) is 1. The summed E-state index contributed by atoms with van der Waals surface area (Å²) in [6, 6.07) is 1.57. The van der Waals surface area contributed by atoms with Gasteiger partial charge in [-0.05, 0) is 6.07 Å². The molecule has 8 heteroatoms. The third-order valence-electron chi connectivity index (χ3n) is 2.49. The molecule has 0 aliphatic carbocycles. The van der Waals surface area contributed by atoms with E-state index in [2.05, 4.69) is 15.1 Å². The van der Waals surface area contributed by atoms with Crippen LogP contribution in [0.4, 0.5) is 0 Å². The Balaban J connectivity index is 2.20. The van der Waals surface area contributed by atoms with E-state index in [0.29, 0.717) is 40.4 Å². The summed E-state index contributed by atoms with van der Waals surface area (Å²) in [7, 11) is 1.58. The monoisotopic (exact) mass is 302 g/mol. The first kappa shape index (κ1) is 14.2. The summed E-state index contributed by atoms with van der Waals surface area (Å²) >= 11 is 11.8. The van der Waals surface area contributed by atoms with E-state index in [1.807, 2.05) is 0 Å². The van der Waals surface area contributed by atoms with Gasteiger partial charge in [-0.1, -0.05) is 28.4 Å². The van der Waals surface area contributed by atoms with Crippen LogP contribution >= 0.6 is 23.2 Å². The molecule has 1 unspecified atom stereocenters. The number of hydrogen-bond acceptors (Lipinski definition) is 6. The normalized spacial score (nSPS) is 12.6. The number of nitrogens with zero attached hydrogens (tertiary/aromatic N) is 3. The van der Waals surface area contributed by atoms with Gasteiger partial charge in [0.05, 0.1) is 22.6 Å². The first-order valence-corrected chi connectivity index (χ1v) is 6.26. The highest BCUT2D eigenvalue weighted by atomic mass is 35.5. The number of aromatic nitrogens is 3. The van der Waals surface area contributed by atoms with Gasteiger partial charge in [-0.2, -0.15) is 4.98 Å². The smallest absolute Gasteiger partial charge is 0.229 e. The Bertz CT molecular complexity index is 557. The molecule has 6 nitrogen and oxygen atoms in total. The highest BCUT2D eigenvalue weighted by molar-refractivity contribution is 6.35. The molecule has 2 N–H and O–H groups in total.